The lowest BCUT2D eigenvalue weighted by molar-refractivity contribution is -0.247. The van der Waals surface area contributed by atoms with E-state index in [-0.39, 0.29) is 88.3 Å². The Morgan fingerprint density at radius 1 is 0.667 bits per heavy atom. The molecule has 13 N–H and O–H groups in total. The summed E-state index contributed by atoms with van der Waals surface area (Å²) in [6.07, 6.45) is -6.77. The molecule has 3 aromatic carbocycles. The summed E-state index contributed by atoms with van der Waals surface area (Å²) in [6, 6.07) is -4.27. The second kappa shape index (κ2) is 38.7. The molecule has 10 amide bonds. The van der Waals surface area contributed by atoms with Crippen molar-refractivity contribution in [3.05, 3.63) is 96.2 Å². The van der Waals surface area contributed by atoms with Gasteiger partial charge in [-0.1, -0.05) is 73.6 Å². The zero-order valence-electron chi connectivity index (χ0n) is 75.3. The van der Waals surface area contributed by atoms with Crippen molar-refractivity contribution in [3.8, 4) is 28.7 Å². The van der Waals surface area contributed by atoms with E-state index < -0.39 is 286 Å². The number of aliphatic hydroxyl groups excluding tert-OH is 2. The van der Waals surface area contributed by atoms with E-state index in [9.17, 15) is 92.7 Å². The maximum Gasteiger partial charge on any atom is 0.329 e. The number of ketones is 3. The number of aryl methyl sites for hydroxylation is 1. The number of esters is 2. The predicted molar refractivity (Wildman–Crippen MR) is 457 cm³/mol. The molecule has 5 fully saturated rings. The number of fused-ring (bicyclic) bond motifs is 7. The van der Waals surface area contributed by atoms with Crippen molar-refractivity contribution >= 4 is 105 Å². The number of aliphatic hydroxyl groups is 3. The summed E-state index contributed by atoms with van der Waals surface area (Å²) < 4.78 is 35.3. The van der Waals surface area contributed by atoms with Gasteiger partial charge in [0, 0.05) is 88.8 Å². The van der Waals surface area contributed by atoms with E-state index in [0.29, 0.717) is 18.4 Å². The van der Waals surface area contributed by atoms with Gasteiger partial charge in [0.15, 0.2) is 29.2 Å². The summed E-state index contributed by atoms with van der Waals surface area (Å²) in [4.78, 5) is 239. The maximum absolute atomic E-state index is 15.2. The van der Waals surface area contributed by atoms with Crippen LogP contribution in [0.4, 0.5) is 5.69 Å². The lowest BCUT2D eigenvalue weighted by atomic mass is 9.72. The van der Waals surface area contributed by atoms with Crippen molar-refractivity contribution in [3.63, 3.8) is 0 Å². The van der Waals surface area contributed by atoms with E-state index in [4.69, 9.17) is 44.6 Å². The molecule has 3 aliphatic carbocycles. The van der Waals surface area contributed by atoms with Gasteiger partial charge in [-0.05, 0) is 102 Å². The van der Waals surface area contributed by atoms with Crippen LogP contribution < -0.4 is 42.9 Å². The number of ether oxygens (including phenoxy) is 5. The molecule has 0 aromatic heterocycles. The lowest BCUT2D eigenvalue weighted by Gasteiger charge is -2.42. The van der Waals surface area contributed by atoms with Crippen molar-refractivity contribution in [2.45, 2.75) is 232 Å². The largest absolute Gasteiger partial charge is 0.507 e. The van der Waals surface area contributed by atoms with Gasteiger partial charge in [0.2, 0.25) is 58.5 Å². The number of hydrogen-bond acceptors (Lipinski definition) is 30. The number of phenolic OH excluding ortho intramolecular Hbond substituents is 2. The molecule has 0 bridgehead atoms. The second-order valence-corrected chi connectivity index (χ2v) is 35.7. The molecule has 9 aliphatic rings. The number of aromatic nitrogens is 1. The van der Waals surface area contributed by atoms with Crippen LogP contribution in [0.15, 0.2) is 39.5 Å². The minimum Gasteiger partial charge on any atom is -0.507 e. The molecule has 0 spiro atoms. The molecule has 0 radical (unpaired) electrons. The number of benzene rings is 4. The van der Waals surface area contributed by atoms with Crippen LogP contribution in [0.25, 0.3) is 22.6 Å². The smallest absolute Gasteiger partial charge is 0.329 e. The highest BCUT2D eigenvalue weighted by atomic mass is 16.7. The first-order chi connectivity index (χ1) is 60.5. The van der Waals surface area contributed by atoms with Crippen LogP contribution in [-0.2, 0) is 78.1 Å². The predicted octanol–water partition coefficient (Wildman–Crippen LogP) is 0.727. The quantitative estimate of drug-likeness (QED) is 0.0328. The van der Waals surface area contributed by atoms with Gasteiger partial charge in [0.25, 0.3) is 11.8 Å². The van der Waals surface area contributed by atoms with Crippen molar-refractivity contribution < 1.29 is 126 Å². The molecule has 10 unspecified atom stereocenters. The molecule has 698 valence electrons. The number of likely N-dealkylation sites (N-methyl/N-ethyl adjacent to an activating group) is 4. The van der Waals surface area contributed by atoms with Crippen molar-refractivity contribution in [2.24, 2.45) is 29.4 Å². The number of amides is 10. The number of carbonyl (C=O) groups excluding carboxylic acids is 15. The minimum atomic E-state index is -2.24. The topological polar surface area (TPSA) is 566 Å². The zero-order chi connectivity index (χ0) is 95.4. The van der Waals surface area contributed by atoms with E-state index in [0.717, 1.165) is 9.80 Å². The van der Waals surface area contributed by atoms with Crippen molar-refractivity contribution in [1.29, 1.82) is 0 Å². The molecule has 0 saturated carbocycles. The molecule has 16 atom stereocenters. The Morgan fingerprint density at radius 2 is 1.17 bits per heavy atom. The van der Waals surface area contributed by atoms with Gasteiger partial charge < -0.3 is 116 Å². The molecule has 40 heteroatoms. The Kier molecular flexibility index (Phi) is 29.2. The van der Waals surface area contributed by atoms with Gasteiger partial charge in [-0.3, -0.25) is 67.1 Å². The molecular weight excluding hydrogens is 1680 g/mol. The summed E-state index contributed by atoms with van der Waals surface area (Å²) >= 11 is 0. The number of rotatable bonds is 13. The summed E-state index contributed by atoms with van der Waals surface area (Å²) in [5.41, 5.74) is 5.94. The average Bonchev–Trinajstić information content (AvgIpc) is 1.61. The van der Waals surface area contributed by atoms with Gasteiger partial charge >= 0.3 is 11.9 Å². The third-order valence-corrected chi connectivity index (χ3v) is 25.3. The number of anilines is 1. The third-order valence-electron chi connectivity index (χ3n) is 25.3. The molecule has 3 aromatic rings. The van der Waals surface area contributed by atoms with Crippen LogP contribution in [0.1, 0.15) is 196 Å². The number of nitrogen functional groups attached to an aromatic ring is 1. The summed E-state index contributed by atoms with van der Waals surface area (Å²) in [5.74, 6) is -16.1. The number of aromatic hydroxyl groups is 2. The molecule has 5 saturated heterocycles. The number of carbonyl (C=O) groups is 15. The Morgan fingerprint density at radius 3 is 1.65 bits per heavy atom. The number of nitrogens with one attached hydrogen (secondary N) is 4. The highest BCUT2D eigenvalue weighted by Crippen LogP contribution is 2.53. The van der Waals surface area contributed by atoms with Gasteiger partial charge in [0.05, 0.1) is 72.0 Å². The van der Waals surface area contributed by atoms with Gasteiger partial charge in [-0.25, -0.2) is 14.6 Å². The molecule has 40 nitrogen and oxygen atoms in total. The molecule has 129 heavy (non-hydrogen) atoms. The summed E-state index contributed by atoms with van der Waals surface area (Å²) in [6.45, 7) is 18.9. The molecule has 12 rings (SSSR count). The number of phenols is 2. The average molecular weight is 1800 g/mol. The number of hydrogen-bond donors (Lipinski definition) is 11. The van der Waals surface area contributed by atoms with Crippen LogP contribution in [0.2, 0.25) is 0 Å². The summed E-state index contributed by atoms with van der Waals surface area (Å²) in [5, 5.41) is 64.4. The van der Waals surface area contributed by atoms with Gasteiger partial charge in [0.1, 0.15) is 101 Å². The molecular formula is C89H115N13O27. The standard InChI is InChI=1S/C62H86N12O16.C27H29NO11/c1-27(2)42-59(84)73-23-17-19-36(73)57(82)69(13)25-38(75)71(15)48(29(5)6)61(86)88-33(11)44(55(80)65-42)67-53(78)35-22-21-31(9)51-46(35)64-47-40(41(63)50(77)32(10)52(47)90-51)54(79)68-45-34(12)89-62(87)49(30(7)8)72(16)39(76)26-70(14)58(83)37-20-18-24-74(37)60(85)43(28(3)4)66-56(45)81;1-10-22(31)13(28)6-17(38-10)39-15-8-27(36,16(30)9-29)7-12-19(15)26(35)21-20(24(12)33)23(32)11-4-3-5-14(37-2)18(11)25(21)34/h21-22,27-30,33-34,36-37,42-45,48-49H,17-20,23-26,63H2,1-16H3,(H,65,80)(H,66,81)(H,67,78)(H,68,79);3-5,10,13,15,17,22,29,31,33,35-36H,6-9,28H2,1-2H3/t;10-,13-,15-,17-,22+,27-/m.0/s1. The number of nitrogens with two attached hydrogens (primary N) is 2. The highest BCUT2D eigenvalue weighted by molar-refractivity contribution is 6.31. The lowest BCUT2D eigenvalue weighted by Crippen LogP contribution is -2.61. The second-order valence-electron chi connectivity index (χ2n) is 35.7. The van der Waals surface area contributed by atoms with Gasteiger partial charge in [-0.15, -0.1) is 0 Å². The fraction of sp³-hybridized carbons (Fsp3) is 0.562. The van der Waals surface area contributed by atoms with Crippen LogP contribution >= 0.6 is 0 Å². The van der Waals surface area contributed by atoms with E-state index in [1.807, 2.05) is 0 Å². The number of cyclic esters (lactones) is 2. The normalized spacial score (nSPS) is 27.3. The van der Waals surface area contributed by atoms with Crippen molar-refractivity contribution in [1.82, 2.24) is 55.7 Å². The Labute approximate surface area is 743 Å². The van der Waals surface area contributed by atoms with Crippen molar-refractivity contribution in [2.75, 3.05) is 73.8 Å². The van der Waals surface area contributed by atoms with Crippen LogP contribution in [0, 0.1) is 37.5 Å². The number of methoxy groups -OCH3 is 1. The zero-order valence-corrected chi connectivity index (χ0v) is 75.3. The molecule has 6 heterocycles. The SMILES string of the molecule is COc1cccc2c1C(=O)c1c(O)c3c(c(O)c1C2=O)C[C@@](O)(C(=O)CO)C[C@@H]3O[C@H]1C[C@H](N)[C@H](O)[C@H](C)O1.Cc1c2oc3c(C)ccc(C(=O)NC4C(=O)NC(C(C)C)C(=O)N5CCCC5C(=O)N(C)CC(=O)N(C)C(C(C)C)C(=O)OC4C)c3nc-2c(C(=O)NC2C(=O)NC(C(C)C)C(=O)N3CCCC3C(=O)N(C)CC(=O)N(C)C(C(C)C)C(=O)OC2C)c(N)c1=O. The van der Waals surface area contributed by atoms with E-state index in [1.54, 1.807) is 69.2 Å². The number of Topliss-reactive ketones (excluding diaryl/α,β-unsaturated/α-hetero) is 1. The van der Waals surface area contributed by atoms with E-state index >= 15 is 9.59 Å². The van der Waals surface area contributed by atoms with E-state index in [1.165, 1.54) is 106 Å². The number of nitrogens with zero attached hydrogens (tertiary/aromatic N) is 7. The fourth-order valence-corrected chi connectivity index (χ4v) is 18.0. The van der Waals surface area contributed by atoms with Crippen LogP contribution in [0.3, 0.4) is 0 Å². The highest BCUT2D eigenvalue weighted by Gasteiger charge is 2.53. The van der Waals surface area contributed by atoms with Crippen LogP contribution in [0.5, 0.6) is 17.2 Å². The first-order valence-corrected chi connectivity index (χ1v) is 42.9. The third kappa shape index (κ3) is 18.8. The maximum atomic E-state index is 15.2. The first kappa shape index (κ1) is 97.5. The first-order valence-electron chi connectivity index (χ1n) is 42.9. The van der Waals surface area contributed by atoms with E-state index in [2.05, 4.69) is 21.3 Å². The monoisotopic (exact) mass is 1800 g/mol. The minimum absolute atomic E-state index is 0.0173. The Bertz CT molecular complexity index is 5390. The summed E-state index contributed by atoms with van der Waals surface area (Å²) in [7, 11) is 6.91. The van der Waals surface area contributed by atoms with Crippen LogP contribution in [-0.4, -0.2) is 307 Å². The fourth-order valence-electron chi connectivity index (χ4n) is 18.0. The molecule has 6 aliphatic heterocycles. The Balaban J connectivity index is 0.000000340. The Hall–Kier alpha value is -12.1. The van der Waals surface area contributed by atoms with Gasteiger partial charge in [-0.2, -0.15) is 0 Å².